The zero-order chi connectivity index (χ0) is 12.3. The van der Waals surface area contributed by atoms with E-state index in [9.17, 15) is 4.79 Å². The molecule has 0 aromatic heterocycles. The van der Waals surface area contributed by atoms with Crippen LogP contribution in [0.15, 0.2) is 18.2 Å². The second-order valence-corrected chi connectivity index (χ2v) is 4.55. The molecule has 0 bridgehead atoms. The van der Waals surface area contributed by atoms with Crippen molar-refractivity contribution in [2.75, 3.05) is 7.05 Å². The van der Waals surface area contributed by atoms with Crippen LogP contribution in [0.1, 0.15) is 12.5 Å². The molecule has 1 aromatic carbocycles. The molecule has 0 fully saturated rings. The van der Waals surface area contributed by atoms with Crippen LogP contribution in [0.4, 0.5) is 0 Å². The summed E-state index contributed by atoms with van der Waals surface area (Å²) in [5, 5.41) is 0.993. The van der Waals surface area contributed by atoms with Gasteiger partial charge in [-0.05, 0) is 24.6 Å². The predicted molar refractivity (Wildman–Crippen MR) is 66.6 cm³/mol. The average Bonchev–Trinajstić information content (AvgIpc) is 2.22. The Labute approximate surface area is 105 Å². The predicted octanol–water partition coefficient (Wildman–Crippen LogP) is 2.30. The van der Waals surface area contributed by atoms with Crippen LogP contribution in [0.5, 0.6) is 0 Å². The maximum Gasteiger partial charge on any atom is 0.239 e. The van der Waals surface area contributed by atoms with Gasteiger partial charge in [0.05, 0.1) is 16.1 Å². The number of amides is 1. The highest BCUT2D eigenvalue weighted by molar-refractivity contribution is 6.42. The molecule has 0 saturated carbocycles. The first-order chi connectivity index (χ1) is 7.41. The van der Waals surface area contributed by atoms with Gasteiger partial charge in [-0.15, -0.1) is 0 Å². The van der Waals surface area contributed by atoms with E-state index in [0.29, 0.717) is 16.6 Å². The van der Waals surface area contributed by atoms with E-state index in [4.69, 9.17) is 28.9 Å². The first-order valence-corrected chi connectivity index (χ1v) is 5.62. The summed E-state index contributed by atoms with van der Waals surface area (Å²) in [6.07, 6.45) is 0. The summed E-state index contributed by atoms with van der Waals surface area (Å²) < 4.78 is 0. The van der Waals surface area contributed by atoms with Crippen molar-refractivity contribution in [2.24, 2.45) is 5.73 Å². The largest absolute Gasteiger partial charge is 0.340 e. The van der Waals surface area contributed by atoms with Gasteiger partial charge in [0.2, 0.25) is 5.91 Å². The molecule has 0 aliphatic heterocycles. The Bertz CT molecular complexity index is 394. The first-order valence-electron chi connectivity index (χ1n) is 4.86. The molecule has 0 saturated heterocycles. The van der Waals surface area contributed by atoms with Gasteiger partial charge in [0.1, 0.15) is 0 Å². The molecule has 88 valence electrons. The molecule has 0 aliphatic carbocycles. The molecule has 1 atom stereocenters. The number of nitrogens with two attached hydrogens (primary N) is 1. The summed E-state index contributed by atoms with van der Waals surface area (Å²) >= 11 is 11.7. The fourth-order valence-electron chi connectivity index (χ4n) is 1.34. The first kappa shape index (κ1) is 13.3. The second kappa shape index (κ2) is 5.53. The lowest BCUT2D eigenvalue weighted by atomic mass is 10.2. The van der Waals surface area contributed by atoms with Crippen LogP contribution in [0.25, 0.3) is 0 Å². The van der Waals surface area contributed by atoms with Gasteiger partial charge in [0.25, 0.3) is 0 Å². The van der Waals surface area contributed by atoms with E-state index >= 15 is 0 Å². The van der Waals surface area contributed by atoms with Crippen molar-refractivity contribution in [3.63, 3.8) is 0 Å². The van der Waals surface area contributed by atoms with Gasteiger partial charge in [0.15, 0.2) is 0 Å². The molecule has 1 aromatic rings. The zero-order valence-electron chi connectivity index (χ0n) is 9.21. The quantitative estimate of drug-likeness (QED) is 0.907. The molecule has 2 N–H and O–H groups in total. The topological polar surface area (TPSA) is 46.3 Å². The van der Waals surface area contributed by atoms with E-state index in [1.807, 2.05) is 6.07 Å². The van der Waals surface area contributed by atoms with E-state index in [-0.39, 0.29) is 5.91 Å². The Morgan fingerprint density at radius 3 is 2.56 bits per heavy atom. The summed E-state index contributed by atoms with van der Waals surface area (Å²) in [5.41, 5.74) is 6.43. The highest BCUT2D eigenvalue weighted by atomic mass is 35.5. The van der Waals surface area contributed by atoms with Crippen molar-refractivity contribution in [1.29, 1.82) is 0 Å². The summed E-state index contributed by atoms with van der Waals surface area (Å²) in [7, 11) is 1.70. The minimum Gasteiger partial charge on any atom is -0.340 e. The summed E-state index contributed by atoms with van der Waals surface area (Å²) in [6, 6.07) is 4.80. The minimum absolute atomic E-state index is 0.105. The molecule has 0 aliphatic rings. The lowest BCUT2D eigenvalue weighted by Gasteiger charge is -2.19. The highest BCUT2D eigenvalue weighted by Crippen LogP contribution is 2.23. The monoisotopic (exact) mass is 260 g/mol. The number of halogens is 2. The Morgan fingerprint density at radius 2 is 2.06 bits per heavy atom. The number of hydrogen-bond acceptors (Lipinski definition) is 2. The van der Waals surface area contributed by atoms with Crippen molar-refractivity contribution < 1.29 is 4.79 Å². The third kappa shape index (κ3) is 3.37. The maximum absolute atomic E-state index is 11.5. The number of carbonyl (C=O) groups is 1. The van der Waals surface area contributed by atoms with E-state index in [1.54, 1.807) is 31.0 Å². The Morgan fingerprint density at radius 1 is 1.44 bits per heavy atom. The normalized spacial score (nSPS) is 12.3. The molecule has 1 unspecified atom stereocenters. The SMILES string of the molecule is CC(N)C(=O)N(C)Cc1ccc(Cl)c(Cl)c1. The van der Waals surface area contributed by atoms with Crippen LogP contribution < -0.4 is 5.73 Å². The third-order valence-corrected chi connectivity index (χ3v) is 2.91. The van der Waals surface area contributed by atoms with Crippen LogP contribution in [0.3, 0.4) is 0 Å². The molecule has 0 heterocycles. The lowest BCUT2D eigenvalue weighted by molar-refractivity contribution is -0.131. The van der Waals surface area contributed by atoms with Gasteiger partial charge in [-0.3, -0.25) is 4.79 Å². The number of carbonyl (C=O) groups excluding carboxylic acids is 1. The van der Waals surface area contributed by atoms with Crippen molar-refractivity contribution in [2.45, 2.75) is 19.5 Å². The fraction of sp³-hybridized carbons (Fsp3) is 0.364. The van der Waals surface area contributed by atoms with Crippen LogP contribution in [0.2, 0.25) is 10.0 Å². The van der Waals surface area contributed by atoms with Gasteiger partial charge in [-0.25, -0.2) is 0 Å². The molecule has 5 heteroatoms. The average molecular weight is 261 g/mol. The molecular formula is C11H14Cl2N2O. The zero-order valence-corrected chi connectivity index (χ0v) is 10.7. The van der Waals surface area contributed by atoms with Crippen molar-refractivity contribution in [3.05, 3.63) is 33.8 Å². The molecule has 1 amide bonds. The Kier molecular flexibility index (Phi) is 4.59. The van der Waals surface area contributed by atoms with E-state index in [1.165, 1.54) is 0 Å². The van der Waals surface area contributed by atoms with Crippen LogP contribution in [0, 0.1) is 0 Å². The van der Waals surface area contributed by atoms with Gasteiger partial charge >= 0.3 is 0 Å². The van der Waals surface area contributed by atoms with Gasteiger partial charge in [-0.1, -0.05) is 29.3 Å². The molecular weight excluding hydrogens is 247 g/mol. The number of hydrogen-bond donors (Lipinski definition) is 1. The summed E-state index contributed by atoms with van der Waals surface area (Å²) in [4.78, 5) is 13.1. The summed E-state index contributed by atoms with van der Waals surface area (Å²) in [5.74, 6) is -0.105. The van der Waals surface area contributed by atoms with Crippen LogP contribution >= 0.6 is 23.2 Å². The molecule has 0 radical (unpaired) electrons. The fourth-order valence-corrected chi connectivity index (χ4v) is 1.66. The smallest absolute Gasteiger partial charge is 0.239 e. The Hall–Kier alpha value is -0.770. The number of benzene rings is 1. The lowest BCUT2D eigenvalue weighted by Crippen LogP contribution is -2.39. The van der Waals surface area contributed by atoms with E-state index in [0.717, 1.165) is 5.56 Å². The molecule has 16 heavy (non-hydrogen) atoms. The number of rotatable bonds is 3. The standard InChI is InChI=1S/C11H14Cl2N2O/c1-7(14)11(16)15(2)6-8-3-4-9(12)10(13)5-8/h3-5,7H,6,14H2,1-2H3. The summed E-state index contributed by atoms with van der Waals surface area (Å²) in [6.45, 7) is 2.13. The van der Waals surface area contributed by atoms with Crippen molar-refractivity contribution in [1.82, 2.24) is 4.90 Å². The van der Waals surface area contributed by atoms with E-state index < -0.39 is 6.04 Å². The third-order valence-electron chi connectivity index (χ3n) is 2.17. The van der Waals surface area contributed by atoms with Gasteiger partial charge in [0, 0.05) is 13.6 Å². The minimum atomic E-state index is -0.493. The Balaban J connectivity index is 2.73. The number of likely N-dealkylation sites (N-methyl/N-ethyl adjacent to an activating group) is 1. The highest BCUT2D eigenvalue weighted by Gasteiger charge is 2.13. The molecule has 0 spiro atoms. The molecule has 1 rings (SSSR count). The maximum atomic E-state index is 11.5. The van der Waals surface area contributed by atoms with Crippen LogP contribution in [-0.2, 0) is 11.3 Å². The van der Waals surface area contributed by atoms with Crippen LogP contribution in [-0.4, -0.2) is 23.9 Å². The van der Waals surface area contributed by atoms with Gasteiger partial charge < -0.3 is 10.6 Å². The molecule has 3 nitrogen and oxygen atoms in total. The van der Waals surface area contributed by atoms with Crippen molar-refractivity contribution >= 4 is 29.1 Å². The second-order valence-electron chi connectivity index (χ2n) is 3.73. The van der Waals surface area contributed by atoms with Crippen molar-refractivity contribution in [3.8, 4) is 0 Å². The van der Waals surface area contributed by atoms with E-state index in [2.05, 4.69) is 0 Å². The number of nitrogens with zero attached hydrogens (tertiary/aromatic N) is 1. The van der Waals surface area contributed by atoms with Gasteiger partial charge in [-0.2, -0.15) is 0 Å².